The molecule has 8 aromatic carbocycles. The fraction of sp³-hybridized carbons (Fsp3) is 0.0755. The van der Waals surface area contributed by atoms with Gasteiger partial charge in [-0.2, -0.15) is 8.42 Å². The first kappa shape index (κ1) is 72.6. The largest absolute Gasteiger partial charge is 0.569 e. The molecule has 0 saturated heterocycles. The van der Waals surface area contributed by atoms with Gasteiger partial charge in [0, 0.05) is 90.5 Å². The zero-order chi connectivity index (χ0) is 59.4. The van der Waals surface area contributed by atoms with E-state index in [1.165, 1.54) is 36.2 Å². The first-order chi connectivity index (χ1) is 37.3. The molecule has 0 aliphatic heterocycles. The standard InChI is InChI=1S/C13H10BrClOS.C13H10BrClS.C12H6BrClS.C7H7BBrO2S.C6H4BrCl.C2H4O2.H2O4S.H2O2/c1-17(16)13-7-4-10(14)8-12(13)9-2-5-11(15)6-3-9;1-16-13-7-4-10(14)8-12(13)9-2-5-11(15)6-3-9;13-7-1-4-11-10(5-7)9-3-2-8(14)6-12(9)15-11;1-12-7-3-2-5(9)4-6(7)11-8-10;7-5-1-3-6(8)4-2-5;1-2(3)4;1-5(2,3)4;1-2/h2-8H,1H3;2-8H,1H3;1-6H;2-4,10H,1H3;1-4H;1H3,(H,3,4);(H2,1,2,3,4);1-2H. The first-order valence-corrected chi connectivity index (χ1v) is 33.2. The fourth-order valence-electron chi connectivity index (χ4n) is 6.10. The van der Waals surface area contributed by atoms with Crippen LogP contribution in [0.4, 0.5) is 0 Å². The number of benzene rings is 8. The molecular weight excluding hydrogens is 1530 g/mol. The molecule has 1 atom stereocenters. The average Bonchev–Trinajstić information content (AvgIpc) is 3.82. The monoisotopic (exact) mass is 1560 g/mol. The third-order valence-corrected chi connectivity index (χ3v) is 16.4. The van der Waals surface area contributed by atoms with E-state index in [0.29, 0.717) is 18.5 Å². The summed E-state index contributed by atoms with van der Waals surface area (Å²) >= 11 is 45.4. The summed E-state index contributed by atoms with van der Waals surface area (Å²) in [6, 6.07) is 53.1. The number of hydrogen-bond acceptors (Lipinski definition) is 11. The molecule has 26 heteroatoms. The molecule has 11 nitrogen and oxygen atoms in total. The lowest BCUT2D eigenvalue weighted by Crippen LogP contribution is -2.00. The van der Waals surface area contributed by atoms with Crippen molar-refractivity contribution in [1.29, 1.82) is 0 Å². The highest BCUT2D eigenvalue weighted by Gasteiger charge is 2.10. The Morgan fingerprint density at radius 2 is 0.949 bits per heavy atom. The molecule has 1 radical (unpaired) electrons. The molecule has 419 valence electrons. The van der Waals surface area contributed by atoms with E-state index >= 15 is 0 Å². The Bertz CT molecular complexity index is 3450. The van der Waals surface area contributed by atoms with E-state index in [-0.39, 0.29) is 0 Å². The van der Waals surface area contributed by atoms with Crippen molar-refractivity contribution in [2.75, 3.05) is 18.8 Å². The molecule has 0 bridgehead atoms. The highest BCUT2D eigenvalue weighted by atomic mass is 79.9. The predicted molar refractivity (Wildman–Crippen MR) is 352 cm³/mol. The van der Waals surface area contributed by atoms with Gasteiger partial charge < -0.3 is 14.8 Å². The second-order valence-electron chi connectivity index (χ2n) is 14.8. The van der Waals surface area contributed by atoms with Gasteiger partial charge in [0.25, 0.3) is 5.97 Å². The van der Waals surface area contributed by atoms with Gasteiger partial charge in [-0.1, -0.05) is 156 Å². The topological polar surface area (TPSA) is 199 Å². The Morgan fingerprint density at radius 1 is 0.557 bits per heavy atom. The summed E-state index contributed by atoms with van der Waals surface area (Å²) in [5.74, 6) is -0.181. The van der Waals surface area contributed by atoms with Crippen LogP contribution in [0.2, 0.25) is 20.1 Å². The number of thioether (sulfide) groups is 2. The zero-order valence-corrected chi connectivity index (χ0v) is 56.4. The number of carboxylic acids is 1. The van der Waals surface area contributed by atoms with Gasteiger partial charge in [0.05, 0.1) is 10.8 Å². The molecule has 0 saturated carbocycles. The van der Waals surface area contributed by atoms with E-state index < -0.39 is 27.2 Å². The number of fused-ring (bicyclic) bond motifs is 3. The summed E-state index contributed by atoms with van der Waals surface area (Å²) in [4.78, 5) is 12.1. The highest BCUT2D eigenvalue weighted by Crippen LogP contribution is 2.37. The molecule has 9 aromatic rings. The van der Waals surface area contributed by atoms with Crippen LogP contribution < -0.4 is 4.65 Å². The number of thiophene rings is 1. The SMILES string of the molecule is CC(=O)O.CS(=O)c1ccc(Br)cc1-c1ccc(Cl)cc1.CSc1ccc(Br)cc1-c1ccc(Cl)cc1.CSc1ccc(Br)cc1O[B]O.Clc1ccc(Br)cc1.Clc1ccc2c(c1)sc1ccc(Br)cc12.O=S(=O)(O)O.OO. The highest BCUT2D eigenvalue weighted by molar-refractivity contribution is 9.11. The van der Waals surface area contributed by atoms with E-state index in [1.54, 1.807) is 47.2 Å². The van der Waals surface area contributed by atoms with Gasteiger partial charge in [-0.25, -0.2) is 0 Å². The maximum absolute atomic E-state index is 11.7. The molecule has 9 rings (SSSR count). The molecule has 0 aliphatic rings. The van der Waals surface area contributed by atoms with Crippen LogP contribution in [0.3, 0.4) is 0 Å². The van der Waals surface area contributed by atoms with Gasteiger partial charge in [0.2, 0.25) is 0 Å². The zero-order valence-electron chi connectivity index (χ0n) is 41.3. The number of carboxylic acid groups (broad SMARTS) is 1. The summed E-state index contributed by atoms with van der Waals surface area (Å²) in [5, 5.41) is 33.5. The molecule has 6 N–H and O–H groups in total. The smallest absolute Gasteiger partial charge is 0.537 e. The summed E-state index contributed by atoms with van der Waals surface area (Å²) in [5.41, 5.74) is 4.41. The fourth-order valence-corrected chi connectivity index (χ4v) is 11.4. The van der Waals surface area contributed by atoms with Crippen molar-refractivity contribution < 1.29 is 51.8 Å². The van der Waals surface area contributed by atoms with Gasteiger partial charge in [0.15, 0.2) is 0 Å². The number of hydrogen-bond donors (Lipinski definition) is 6. The molecule has 79 heavy (non-hydrogen) atoms. The summed E-state index contributed by atoms with van der Waals surface area (Å²) in [6.45, 7) is 1.08. The van der Waals surface area contributed by atoms with Crippen LogP contribution in [0.5, 0.6) is 5.75 Å². The van der Waals surface area contributed by atoms with Crippen LogP contribution in [0.15, 0.2) is 201 Å². The van der Waals surface area contributed by atoms with E-state index in [1.807, 2.05) is 122 Å². The summed E-state index contributed by atoms with van der Waals surface area (Å²) in [7, 11) is -4.99. The van der Waals surface area contributed by atoms with Crippen molar-refractivity contribution in [1.82, 2.24) is 0 Å². The Balaban J connectivity index is 0.000000327. The van der Waals surface area contributed by atoms with Crippen LogP contribution in [0, 0.1) is 0 Å². The van der Waals surface area contributed by atoms with E-state index in [2.05, 4.69) is 128 Å². The molecule has 1 heterocycles. The molecule has 0 aliphatic carbocycles. The van der Waals surface area contributed by atoms with Crippen LogP contribution in [0.1, 0.15) is 6.92 Å². The maximum Gasteiger partial charge on any atom is 0.569 e. The number of rotatable bonds is 7. The maximum atomic E-state index is 11.7. The van der Waals surface area contributed by atoms with Gasteiger partial charge in [-0.15, -0.1) is 34.9 Å². The predicted octanol–water partition coefficient (Wildman–Crippen LogP) is 20.1. The normalized spacial score (nSPS) is 10.5. The minimum Gasteiger partial charge on any atom is -0.537 e. The van der Waals surface area contributed by atoms with Crippen molar-refractivity contribution in [3.63, 3.8) is 0 Å². The lowest BCUT2D eigenvalue weighted by molar-refractivity contribution is -0.176. The van der Waals surface area contributed by atoms with E-state index in [0.717, 1.165) is 65.3 Å². The van der Waals surface area contributed by atoms with Gasteiger partial charge in [-0.05, 0) is 168 Å². The van der Waals surface area contributed by atoms with Crippen LogP contribution in [-0.4, -0.2) is 74.8 Å². The number of halogens is 9. The minimum absolute atomic E-state index is 0.652. The Labute approximate surface area is 536 Å². The molecular formula is C53H45BBr5Cl4O11S5. The van der Waals surface area contributed by atoms with Crippen molar-refractivity contribution in [2.24, 2.45) is 0 Å². The van der Waals surface area contributed by atoms with Crippen molar-refractivity contribution in [3.8, 4) is 28.0 Å². The second-order valence-corrected chi connectivity index (χ2v) is 26.1. The van der Waals surface area contributed by atoms with E-state index in [9.17, 15) is 4.21 Å². The third kappa shape index (κ3) is 28.5. The molecule has 0 amide bonds. The molecule has 0 spiro atoms. The molecule has 0 fully saturated rings. The van der Waals surface area contributed by atoms with E-state index in [4.69, 9.17) is 94.0 Å². The lowest BCUT2D eigenvalue weighted by atomic mass is 10.1. The molecule has 1 unspecified atom stereocenters. The van der Waals surface area contributed by atoms with Crippen molar-refractivity contribution >= 4 is 216 Å². The molecule has 1 aromatic heterocycles. The first-order valence-electron chi connectivity index (χ1n) is 21.5. The summed E-state index contributed by atoms with van der Waals surface area (Å²) in [6.07, 6.45) is 5.72. The number of carbonyl (C=O) groups is 1. The van der Waals surface area contributed by atoms with Crippen molar-refractivity contribution in [2.45, 2.75) is 21.6 Å². The Hall–Kier alpha value is -2.53. The Kier molecular flexibility index (Phi) is 35.2. The van der Waals surface area contributed by atoms with Crippen LogP contribution in [0.25, 0.3) is 42.4 Å². The summed E-state index contributed by atoms with van der Waals surface area (Å²) < 4.78 is 55.9. The number of aliphatic carboxylic acids is 1. The lowest BCUT2D eigenvalue weighted by Gasteiger charge is -2.08. The van der Waals surface area contributed by atoms with Crippen molar-refractivity contribution in [3.05, 3.63) is 206 Å². The van der Waals surface area contributed by atoms with Crippen LogP contribution in [-0.2, 0) is 26.0 Å². The Morgan fingerprint density at radius 3 is 1.42 bits per heavy atom. The van der Waals surface area contributed by atoms with Gasteiger partial charge in [-0.3, -0.25) is 28.6 Å². The second kappa shape index (κ2) is 38.4. The minimum atomic E-state index is -4.67. The van der Waals surface area contributed by atoms with Crippen LogP contribution >= 0.6 is 161 Å². The van der Waals surface area contributed by atoms with Gasteiger partial charge >= 0.3 is 18.1 Å². The van der Waals surface area contributed by atoms with Gasteiger partial charge in [0.1, 0.15) is 5.75 Å². The quantitative estimate of drug-likeness (QED) is 0.0290. The third-order valence-electron chi connectivity index (χ3n) is 9.23. The average molecular weight is 1570 g/mol.